The summed E-state index contributed by atoms with van der Waals surface area (Å²) in [6.07, 6.45) is 10.0. The van der Waals surface area contributed by atoms with Gasteiger partial charge < -0.3 is 19.9 Å². The van der Waals surface area contributed by atoms with Gasteiger partial charge in [0, 0.05) is 37.5 Å². The van der Waals surface area contributed by atoms with Gasteiger partial charge in [-0.1, -0.05) is 24.1 Å². The van der Waals surface area contributed by atoms with E-state index < -0.39 is 12.2 Å². The number of nitrogens with zero attached hydrogens (tertiary/aromatic N) is 1. The molecule has 2 N–H and O–H groups in total. The number of hydrogen-bond acceptors (Lipinski definition) is 5. The molecule has 158 valence electrons. The Bertz CT molecular complexity index is 985. The highest BCUT2D eigenvalue weighted by Gasteiger charge is 2.30. The summed E-state index contributed by atoms with van der Waals surface area (Å²) < 4.78 is 13.2. The molecule has 30 heavy (non-hydrogen) atoms. The van der Waals surface area contributed by atoms with Crippen molar-refractivity contribution in [1.29, 1.82) is 0 Å². The van der Waals surface area contributed by atoms with E-state index in [9.17, 15) is 9.59 Å². The van der Waals surface area contributed by atoms with E-state index in [0.29, 0.717) is 25.9 Å². The van der Waals surface area contributed by atoms with E-state index in [1.807, 2.05) is 30.5 Å². The minimum atomic E-state index is -0.621. The summed E-state index contributed by atoms with van der Waals surface area (Å²) >= 11 is 0. The number of hydrogen-bond donors (Lipinski definition) is 2. The van der Waals surface area contributed by atoms with Crippen molar-refractivity contribution < 1.29 is 24.2 Å². The van der Waals surface area contributed by atoms with Gasteiger partial charge in [0.15, 0.2) is 5.76 Å². The first-order valence-corrected chi connectivity index (χ1v) is 9.98. The second kappa shape index (κ2) is 10.1. The maximum atomic E-state index is 12.5. The van der Waals surface area contributed by atoms with E-state index in [1.165, 1.54) is 6.92 Å². The average molecular weight is 410 g/mol. The number of aliphatic hydroxyl groups is 1. The second-order valence-corrected chi connectivity index (χ2v) is 7.10. The lowest BCUT2D eigenvalue weighted by molar-refractivity contribution is -0.146. The Kier molecular flexibility index (Phi) is 7.28. The Morgan fingerprint density at radius 3 is 2.90 bits per heavy atom. The summed E-state index contributed by atoms with van der Waals surface area (Å²) in [5, 5.41) is 12.5. The Labute approximate surface area is 175 Å². The van der Waals surface area contributed by atoms with E-state index in [-0.39, 0.29) is 30.7 Å². The number of rotatable bonds is 8. The first-order valence-electron chi connectivity index (χ1n) is 9.98. The van der Waals surface area contributed by atoms with E-state index in [4.69, 9.17) is 21.0 Å². The first kappa shape index (κ1) is 21.6. The molecule has 1 aromatic heterocycles. The number of aromatic nitrogens is 1. The highest BCUT2D eigenvalue weighted by molar-refractivity contribution is 5.95. The molecule has 1 aliphatic heterocycles. The standard InChI is InChI=1S/C23H26N2O5/c1-3-10-24-23(28)21-13-17(14-22(30-21)29-12-7-6-11-26)19-15-25(16(2)27)20-9-5-4-8-18(19)20/h1,4-5,8-9,13,15,17,22,26H,6-7,10-12,14H2,2H3,(H,24,28)/t17-,22+/m1/s1. The zero-order valence-corrected chi connectivity index (χ0v) is 17.0. The molecular weight excluding hydrogens is 384 g/mol. The van der Waals surface area contributed by atoms with E-state index in [0.717, 1.165) is 16.5 Å². The molecule has 0 radical (unpaired) electrons. The Morgan fingerprint density at radius 1 is 1.37 bits per heavy atom. The molecule has 7 heteroatoms. The fraction of sp³-hybridized carbons (Fsp3) is 0.391. The van der Waals surface area contributed by atoms with Gasteiger partial charge in [0.2, 0.25) is 12.2 Å². The van der Waals surface area contributed by atoms with Gasteiger partial charge in [-0.2, -0.15) is 0 Å². The van der Waals surface area contributed by atoms with Crippen LogP contribution in [-0.2, 0) is 14.3 Å². The van der Waals surface area contributed by atoms with Crippen molar-refractivity contribution in [3.8, 4) is 12.3 Å². The predicted molar refractivity (Wildman–Crippen MR) is 113 cm³/mol. The molecule has 1 aliphatic rings. The SMILES string of the molecule is C#CCNC(=O)C1=C[C@@H](c2cn(C(C)=O)c3ccccc23)C[C@@H](OCCCCO)O1. The smallest absolute Gasteiger partial charge is 0.286 e. The summed E-state index contributed by atoms with van der Waals surface area (Å²) in [5.74, 6) is 1.84. The predicted octanol–water partition coefficient (Wildman–Crippen LogP) is 2.55. The van der Waals surface area contributed by atoms with Gasteiger partial charge >= 0.3 is 0 Å². The molecule has 0 saturated carbocycles. The van der Waals surface area contributed by atoms with Gasteiger partial charge in [0.25, 0.3) is 5.91 Å². The van der Waals surface area contributed by atoms with Crippen LogP contribution >= 0.6 is 0 Å². The average Bonchev–Trinajstić information content (AvgIpc) is 3.15. The van der Waals surface area contributed by atoms with Crippen molar-refractivity contribution in [1.82, 2.24) is 9.88 Å². The molecule has 2 heterocycles. The third-order valence-corrected chi connectivity index (χ3v) is 4.97. The number of carbonyl (C=O) groups is 2. The van der Waals surface area contributed by atoms with Crippen molar-refractivity contribution >= 4 is 22.7 Å². The lowest BCUT2D eigenvalue weighted by atomic mass is 9.92. The van der Waals surface area contributed by atoms with Gasteiger partial charge in [-0.15, -0.1) is 6.42 Å². The molecule has 0 aliphatic carbocycles. The zero-order chi connectivity index (χ0) is 21.5. The van der Waals surface area contributed by atoms with Crippen molar-refractivity contribution in [3.05, 3.63) is 47.9 Å². The summed E-state index contributed by atoms with van der Waals surface area (Å²) in [6.45, 7) is 2.12. The first-order chi connectivity index (χ1) is 14.5. The maximum absolute atomic E-state index is 12.5. The molecular formula is C23H26N2O5. The summed E-state index contributed by atoms with van der Waals surface area (Å²) in [5.41, 5.74) is 1.74. The van der Waals surface area contributed by atoms with Crippen molar-refractivity contribution in [2.45, 2.75) is 38.4 Å². The Hall–Kier alpha value is -3.08. The van der Waals surface area contributed by atoms with Gasteiger partial charge in [0.05, 0.1) is 18.7 Å². The van der Waals surface area contributed by atoms with E-state index in [1.54, 1.807) is 10.6 Å². The Morgan fingerprint density at radius 2 is 2.17 bits per heavy atom. The maximum Gasteiger partial charge on any atom is 0.286 e. The van der Waals surface area contributed by atoms with Gasteiger partial charge in [0.1, 0.15) is 0 Å². The van der Waals surface area contributed by atoms with Crippen LogP contribution in [0.3, 0.4) is 0 Å². The number of terminal acetylenes is 1. The molecule has 1 aromatic carbocycles. The number of benzene rings is 1. The van der Waals surface area contributed by atoms with Crippen molar-refractivity contribution in [2.24, 2.45) is 0 Å². The third kappa shape index (κ3) is 4.90. The second-order valence-electron chi connectivity index (χ2n) is 7.10. The van der Waals surface area contributed by atoms with Crippen LogP contribution < -0.4 is 5.32 Å². The van der Waals surface area contributed by atoms with Crippen LogP contribution in [0.4, 0.5) is 0 Å². The number of ether oxygens (including phenoxy) is 2. The number of allylic oxidation sites excluding steroid dienone is 1. The largest absolute Gasteiger partial charge is 0.459 e. The van der Waals surface area contributed by atoms with Crippen molar-refractivity contribution in [2.75, 3.05) is 19.8 Å². The summed E-state index contributed by atoms with van der Waals surface area (Å²) in [4.78, 5) is 24.6. The van der Waals surface area contributed by atoms with Crippen LogP contribution in [-0.4, -0.2) is 47.5 Å². The van der Waals surface area contributed by atoms with Crippen LogP contribution in [0.1, 0.15) is 42.5 Å². The third-order valence-electron chi connectivity index (χ3n) is 4.97. The molecule has 2 atom stereocenters. The zero-order valence-electron chi connectivity index (χ0n) is 17.0. The minimum Gasteiger partial charge on any atom is -0.459 e. The van der Waals surface area contributed by atoms with Crippen molar-refractivity contribution in [3.63, 3.8) is 0 Å². The van der Waals surface area contributed by atoms with Crippen LogP contribution in [0, 0.1) is 12.3 Å². The monoisotopic (exact) mass is 410 g/mol. The van der Waals surface area contributed by atoms with Gasteiger partial charge in [-0.3, -0.25) is 14.2 Å². The Balaban J connectivity index is 1.93. The van der Waals surface area contributed by atoms with E-state index >= 15 is 0 Å². The molecule has 3 rings (SSSR count). The molecule has 0 spiro atoms. The fourth-order valence-corrected chi connectivity index (χ4v) is 3.54. The molecule has 7 nitrogen and oxygen atoms in total. The highest BCUT2D eigenvalue weighted by Crippen LogP contribution is 2.36. The number of nitrogens with one attached hydrogen (secondary N) is 1. The molecule has 0 unspecified atom stereocenters. The fourth-order valence-electron chi connectivity index (χ4n) is 3.54. The van der Waals surface area contributed by atoms with Gasteiger partial charge in [-0.05, 0) is 30.5 Å². The van der Waals surface area contributed by atoms with Gasteiger partial charge in [-0.25, -0.2) is 0 Å². The van der Waals surface area contributed by atoms with E-state index in [2.05, 4.69) is 11.2 Å². The normalized spacial score (nSPS) is 18.4. The lowest BCUT2D eigenvalue weighted by Crippen LogP contribution is -2.33. The van der Waals surface area contributed by atoms with Crippen LogP contribution in [0.15, 0.2) is 42.3 Å². The lowest BCUT2D eigenvalue weighted by Gasteiger charge is -2.29. The number of aliphatic hydroxyl groups excluding tert-OH is 1. The summed E-state index contributed by atoms with van der Waals surface area (Å²) in [6, 6.07) is 7.66. The molecule has 0 bridgehead atoms. The molecule has 0 saturated heterocycles. The number of carbonyl (C=O) groups excluding carboxylic acids is 2. The molecule has 1 amide bonds. The molecule has 2 aromatic rings. The van der Waals surface area contributed by atoms with Crippen LogP contribution in [0.25, 0.3) is 10.9 Å². The number of unbranched alkanes of at least 4 members (excludes halogenated alkanes) is 1. The van der Waals surface area contributed by atoms with Crippen LogP contribution in [0.5, 0.6) is 0 Å². The number of amides is 1. The number of para-hydroxylation sites is 1. The highest BCUT2D eigenvalue weighted by atomic mass is 16.7. The van der Waals surface area contributed by atoms with Crippen LogP contribution in [0.2, 0.25) is 0 Å². The minimum absolute atomic E-state index is 0.0859. The topological polar surface area (TPSA) is 89.8 Å². The quantitative estimate of drug-likeness (QED) is 0.516. The summed E-state index contributed by atoms with van der Waals surface area (Å²) in [7, 11) is 0. The number of fused-ring (bicyclic) bond motifs is 1. The molecule has 0 fully saturated rings.